The molecule has 5 N–H and O–H groups in total. The zero-order valence-electron chi connectivity index (χ0n) is 19.8. The van der Waals surface area contributed by atoms with Crippen LogP contribution in [0.3, 0.4) is 0 Å². The van der Waals surface area contributed by atoms with Gasteiger partial charge in [0, 0.05) is 51.9 Å². The van der Waals surface area contributed by atoms with Gasteiger partial charge in [-0.1, -0.05) is 0 Å². The van der Waals surface area contributed by atoms with Gasteiger partial charge in [-0.25, -0.2) is 9.79 Å². The minimum atomic E-state index is -0.238. The molecular formula is C22H38N6O5. The molecule has 0 aromatic carbocycles. The van der Waals surface area contributed by atoms with Gasteiger partial charge in [0.1, 0.15) is 0 Å². The van der Waals surface area contributed by atoms with Crippen LogP contribution in [0.2, 0.25) is 0 Å². The second-order valence-corrected chi connectivity index (χ2v) is 8.57. The van der Waals surface area contributed by atoms with Gasteiger partial charge in [0.05, 0.1) is 6.04 Å². The Bertz CT molecular complexity index is 634. The summed E-state index contributed by atoms with van der Waals surface area (Å²) in [5, 5.41) is 3.16. The molecule has 4 amide bonds. The van der Waals surface area contributed by atoms with E-state index < -0.39 is 0 Å². The molecule has 0 radical (unpaired) electrons. The Balaban J connectivity index is 0.000000250. The third kappa shape index (κ3) is 11.1. The first-order valence-electron chi connectivity index (χ1n) is 11.5. The summed E-state index contributed by atoms with van der Waals surface area (Å²) in [5.74, 6) is -0.0944. The summed E-state index contributed by atoms with van der Waals surface area (Å²) < 4.78 is 0. The lowest BCUT2D eigenvalue weighted by Gasteiger charge is -2.29. The zero-order valence-corrected chi connectivity index (χ0v) is 19.8. The zero-order chi connectivity index (χ0) is 24.8. The van der Waals surface area contributed by atoms with Gasteiger partial charge < -0.3 is 26.6 Å². The Morgan fingerprint density at radius 3 is 1.48 bits per heavy atom. The van der Waals surface area contributed by atoms with Gasteiger partial charge in [-0.05, 0) is 51.6 Å². The molecule has 33 heavy (non-hydrogen) atoms. The molecule has 0 bridgehead atoms. The normalized spacial score (nSPS) is 19.7. The molecule has 0 saturated carbocycles. The van der Waals surface area contributed by atoms with Crippen LogP contribution in [-0.2, 0) is 24.0 Å². The molecule has 3 aliphatic rings. The standard InChI is InChI=1S/C8H12N2O2.C8H14N2O2.C6H12N2O/c1-7(12)10-4-2-8(3-5-10)9-6-11;1-6(11)10-4-2-7(3-5-10)8(9)12;7-6(9)5-1-3-8-4-2-5/h8H,2-5H2,1H3;7H,2-5H2,1H3,(H2,9,12);5,8H,1-4H2,(H2,7,9). The first kappa shape index (κ1) is 28.3. The Morgan fingerprint density at radius 1 is 0.758 bits per heavy atom. The number of nitrogens with one attached hydrogen (secondary N) is 1. The summed E-state index contributed by atoms with van der Waals surface area (Å²) in [6.07, 6.45) is 6.38. The van der Waals surface area contributed by atoms with Gasteiger partial charge in [-0.2, -0.15) is 0 Å². The van der Waals surface area contributed by atoms with Crippen LogP contribution in [-0.4, -0.2) is 84.8 Å². The number of aliphatic imine (C=N–C) groups is 1. The SMILES string of the molecule is CC(=O)N1CCC(C(N)=O)CC1.CC(=O)N1CCC(N=C=O)CC1.NC(=O)C1CCNCC1. The van der Waals surface area contributed by atoms with Gasteiger partial charge in [0.15, 0.2) is 0 Å². The minimum Gasteiger partial charge on any atom is -0.369 e. The van der Waals surface area contributed by atoms with E-state index in [1.165, 1.54) is 0 Å². The number of rotatable bonds is 3. The maximum absolute atomic E-state index is 10.9. The fraction of sp³-hybridized carbons (Fsp3) is 0.773. The van der Waals surface area contributed by atoms with Crippen LogP contribution in [0.4, 0.5) is 0 Å². The topological polar surface area (TPSA) is 168 Å². The predicted octanol–water partition coefficient (Wildman–Crippen LogP) is -0.465. The largest absolute Gasteiger partial charge is 0.369 e. The molecule has 3 saturated heterocycles. The summed E-state index contributed by atoms with van der Waals surface area (Å²) in [6, 6.07) is 0.0816. The highest BCUT2D eigenvalue weighted by molar-refractivity contribution is 5.78. The van der Waals surface area contributed by atoms with Crippen LogP contribution in [0.1, 0.15) is 52.4 Å². The average Bonchev–Trinajstić information content (AvgIpc) is 2.81. The average molecular weight is 467 g/mol. The van der Waals surface area contributed by atoms with E-state index in [-0.39, 0.29) is 41.5 Å². The number of carbonyl (C=O) groups is 4. The quantitative estimate of drug-likeness (QED) is 0.375. The Labute approximate surface area is 195 Å². The van der Waals surface area contributed by atoms with Crippen LogP contribution < -0.4 is 16.8 Å². The van der Waals surface area contributed by atoms with Gasteiger partial charge in [-0.15, -0.1) is 0 Å². The summed E-state index contributed by atoms with van der Waals surface area (Å²) in [7, 11) is 0. The number of likely N-dealkylation sites (tertiary alicyclic amines) is 2. The van der Waals surface area contributed by atoms with Crippen molar-refractivity contribution in [3.63, 3.8) is 0 Å². The number of nitrogens with zero attached hydrogens (tertiary/aromatic N) is 3. The number of nitrogens with two attached hydrogens (primary N) is 2. The Kier molecular flexibility index (Phi) is 13.0. The van der Waals surface area contributed by atoms with Crippen molar-refractivity contribution in [2.75, 3.05) is 39.3 Å². The highest BCUT2D eigenvalue weighted by Crippen LogP contribution is 2.16. The molecule has 3 fully saturated rings. The van der Waals surface area contributed by atoms with Crippen LogP contribution in [0.5, 0.6) is 0 Å². The number of isocyanates is 1. The van der Waals surface area contributed by atoms with E-state index in [0.717, 1.165) is 51.6 Å². The van der Waals surface area contributed by atoms with Crippen molar-refractivity contribution in [1.29, 1.82) is 0 Å². The van der Waals surface area contributed by atoms with Crippen molar-refractivity contribution in [3.05, 3.63) is 0 Å². The molecule has 3 rings (SSSR count). The van der Waals surface area contributed by atoms with Crippen molar-refractivity contribution < 1.29 is 24.0 Å². The van der Waals surface area contributed by atoms with Gasteiger partial charge in [0.2, 0.25) is 29.7 Å². The highest BCUT2D eigenvalue weighted by atomic mass is 16.2. The van der Waals surface area contributed by atoms with E-state index in [1.54, 1.807) is 29.7 Å². The molecule has 0 unspecified atom stereocenters. The van der Waals surface area contributed by atoms with Gasteiger partial charge in [-0.3, -0.25) is 19.2 Å². The highest BCUT2D eigenvalue weighted by Gasteiger charge is 2.24. The number of amides is 4. The van der Waals surface area contributed by atoms with E-state index in [2.05, 4.69) is 10.3 Å². The number of primary amides is 2. The van der Waals surface area contributed by atoms with Crippen LogP contribution in [0.15, 0.2) is 4.99 Å². The fourth-order valence-electron chi connectivity index (χ4n) is 3.97. The number of hydrogen-bond donors (Lipinski definition) is 3. The maximum Gasteiger partial charge on any atom is 0.235 e. The summed E-state index contributed by atoms with van der Waals surface area (Å²) in [6.45, 7) is 7.75. The molecule has 186 valence electrons. The Morgan fingerprint density at radius 2 is 1.15 bits per heavy atom. The molecule has 0 aromatic rings. The minimum absolute atomic E-state index is 0.0272. The number of carbonyl (C=O) groups excluding carboxylic acids is 5. The summed E-state index contributed by atoms with van der Waals surface area (Å²) in [5.41, 5.74) is 10.2. The number of piperidine rings is 3. The molecular weight excluding hydrogens is 428 g/mol. The maximum atomic E-state index is 10.9. The van der Waals surface area contributed by atoms with E-state index in [1.807, 2.05) is 0 Å². The molecule has 0 aliphatic carbocycles. The third-order valence-electron chi connectivity index (χ3n) is 6.23. The lowest BCUT2D eigenvalue weighted by molar-refractivity contribution is -0.132. The summed E-state index contributed by atoms with van der Waals surface area (Å²) >= 11 is 0. The first-order valence-corrected chi connectivity index (χ1v) is 11.5. The van der Waals surface area contributed by atoms with Crippen molar-refractivity contribution in [1.82, 2.24) is 15.1 Å². The molecule has 3 heterocycles. The predicted molar refractivity (Wildman–Crippen MR) is 122 cm³/mol. The smallest absolute Gasteiger partial charge is 0.235 e. The molecule has 0 atom stereocenters. The molecule has 0 spiro atoms. The van der Waals surface area contributed by atoms with Crippen molar-refractivity contribution in [2.45, 2.75) is 58.4 Å². The second-order valence-electron chi connectivity index (χ2n) is 8.57. The second kappa shape index (κ2) is 15.1. The van der Waals surface area contributed by atoms with Crippen molar-refractivity contribution in [2.24, 2.45) is 28.3 Å². The molecule has 3 aliphatic heterocycles. The van der Waals surface area contributed by atoms with E-state index in [4.69, 9.17) is 11.5 Å². The van der Waals surface area contributed by atoms with Crippen LogP contribution in [0, 0.1) is 11.8 Å². The van der Waals surface area contributed by atoms with Crippen LogP contribution >= 0.6 is 0 Å². The third-order valence-corrected chi connectivity index (χ3v) is 6.23. The lowest BCUT2D eigenvalue weighted by atomic mass is 9.96. The van der Waals surface area contributed by atoms with Crippen molar-refractivity contribution >= 4 is 29.7 Å². The van der Waals surface area contributed by atoms with Gasteiger partial charge in [0.25, 0.3) is 0 Å². The fourth-order valence-corrected chi connectivity index (χ4v) is 3.97. The molecule has 0 aromatic heterocycles. The van der Waals surface area contributed by atoms with Crippen molar-refractivity contribution in [3.8, 4) is 0 Å². The molecule has 11 nitrogen and oxygen atoms in total. The van der Waals surface area contributed by atoms with Gasteiger partial charge >= 0.3 is 0 Å². The van der Waals surface area contributed by atoms with E-state index >= 15 is 0 Å². The monoisotopic (exact) mass is 466 g/mol. The Hall–Kier alpha value is -2.78. The molecule has 11 heteroatoms. The van der Waals surface area contributed by atoms with Crippen LogP contribution in [0.25, 0.3) is 0 Å². The van der Waals surface area contributed by atoms with E-state index in [9.17, 15) is 24.0 Å². The van der Waals surface area contributed by atoms with E-state index in [0.29, 0.717) is 26.2 Å². The summed E-state index contributed by atoms with van der Waals surface area (Å²) in [4.78, 5) is 60.1. The number of hydrogen-bond acceptors (Lipinski definition) is 7. The lowest BCUT2D eigenvalue weighted by Crippen LogP contribution is -2.40. The first-order chi connectivity index (χ1) is 15.6.